The maximum Gasteiger partial charge on any atom is 0.419 e. The minimum absolute atomic E-state index is 0.216. The molecule has 2 aromatic rings. The van der Waals surface area contributed by atoms with Crippen molar-refractivity contribution in [1.82, 2.24) is 9.88 Å². The number of aromatic nitrogens is 1. The van der Waals surface area contributed by atoms with Crippen LogP contribution in [0.25, 0.3) is 11.1 Å². The van der Waals surface area contributed by atoms with E-state index in [1.165, 1.54) is 4.57 Å². The fourth-order valence-electron chi connectivity index (χ4n) is 2.29. The number of nitrogens with zero attached hydrogens (tertiary/aromatic N) is 1. The Hall–Kier alpha value is -1.59. The summed E-state index contributed by atoms with van der Waals surface area (Å²) < 4.78 is 6.73. The third-order valence-corrected chi connectivity index (χ3v) is 3.61. The lowest BCUT2D eigenvalue weighted by Gasteiger charge is -2.20. The summed E-state index contributed by atoms with van der Waals surface area (Å²) in [6, 6.07) is 6.10. The highest BCUT2D eigenvalue weighted by atomic mass is 16.4. The molecule has 5 heteroatoms. The van der Waals surface area contributed by atoms with Gasteiger partial charge in [-0.3, -0.25) is 4.57 Å². The van der Waals surface area contributed by atoms with Crippen molar-refractivity contribution in [3.05, 3.63) is 34.3 Å². The van der Waals surface area contributed by atoms with E-state index >= 15 is 0 Å². The van der Waals surface area contributed by atoms with E-state index in [4.69, 9.17) is 10.2 Å². The molecule has 104 valence electrons. The second-order valence-corrected chi connectivity index (χ2v) is 5.07. The van der Waals surface area contributed by atoms with E-state index in [2.05, 4.69) is 12.2 Å². The average Bonchev–Trinajstić information content (AvgIpc) is 2.70. The van der Waals surface area contributed by atoms with Gasteiger partial charge in [0, 0.05) is 13.1 Å². The first-order chi connectivity index (χ1) is 9.06. The van der Waals surface area contributed by atoms with Crippen LogP contribution in [0.4, 0.5) is 0 Å². The van der Waals surface area contributed by atoms with Gasteiger partial charge < -0.3 is 15.5 Å². The van der Waals surface area contributed by atoms with E-state index in [-0.39, 0.29) is 11.8 Å². The van der Waals surface area contributed by atoms with E-state index in [9.17, 15) is 4.79 Å². The van der Waals surface area contributed by atoms with Crippen molar-refractivity contribution in [3.63, 3.8) is 0 Å². The maximum atomic E-state index is 11.5. The van der Waals surface area contributed by atoms with E-state index in [1.807, 2.05) is 25.2 Å². The molecular formula is C14H21N3O2. The maximum absolute atomic E-state index is 11.5. The van der Waals surface area contributed by atoms with Crippen LogP contribution in [0.5, 0.6) is 0 Å². The Balaban J connectivity index is 2.36. The second kappa shape index (κ2) is 5.59. The number of hydrogen-bond donors (Lipinski definition) is 2. The summed E-state index contributed by atoms with van der Waals surface area (Å²) in [4.78, 5) is 11.5. The monoisotopic (exact) mass is 263 g/mol. The molecule has 0 aliphatic rings. The molecule has 0 saturated carbocycles. The number of nitrogens with one attached hydrogen (secondary N) is 1. The Morgan fingerprint density at radius 1 is 1.47 bits per heavy atom. The molecule has 0 bridgehead atoms. The predicted octanol–water partition coefficient (Wildman–Crippen LogP) is 1.38. The first kappa shape index (κ1) is 13.8. The molecular weight excluding hydrogens is 242 g/mol. The van der Waals surface area contributed by atoms with Crippen molar-refractivity contribution >= 4 is 11.1 Å². The van der Waals surface area contributed by atoms with Crippen molar-refractivity contribution in [1.29, 1.82) is 0 Å². The molecule has 0 radical (unpaired) electrons. The molecule has 5 nitrogen and oxygen atoms in total. The van der Waals surface area contributed by atoms with Gasteiger partial charge in [0.2, 0.25) is 0 Å². The average molecular weight is 263 g/mol. The van der Waals surface area contributed by atoms with Gasteiger partial charge in [0.15, 0.2) is 5.58 Å². The van der Waals surface area contributed by atoms with Gasteiger partial charge in [-0.2, -0.15) is 0 Å². The lowest BCUT2D eigenvalue weighted by Crippen LogP contribution is -2.22. The van der Waals surface area contributed by atoms with Gasteiger partial charge in [0.25, 0.3) is 0 Å². The van der Waals surface area contributed by atoms with Crippen LogP contribution in [-0.2, 0) is 7.05 Å². The Labute approximate surface area is 112 Å². The molecule has 19 heavy (non-hydrogen) atoms. The summed E-state index contributed by atoms with van der Waals surface area (Å²) in [6.07, 6.45) is 0.954. The summed E-state index contributed by atoms with van der Waals surface area (Å²) in [5, 5.41) is 3.29. The highest BCUT2D eigenvalue weighted by Gasteiger charge is 2.15. The Kier molecular flexibility index (Phi) is 4.07. The number of rotatable bonds is 5. The van der Waals surface area contributed by atoms with Crippen molar-refractivity contribution < 1.29 is 4.42 Å². The molecule has 2 atom stereocenters. The SMILES string of the molecule is CNC(CC(C)CN)c1ccc2c(c1)oc(=O)n2C. The molecule has 2 unspecified atom stereocenters. The minimum atomic E-state index is -0.330. The van der Waals surface area contributed by atoms with E-state index < -0.39 is 0 Å². The van der Waals surface area contributed by atoms with Gasteiger partial charge in [-0.1, -0.05) is 13.0 Å². The van der Waals surface area contributed by atoms with Crippen LogP contribution >= 0.6 is 0 Å². The van der Waals surface area contributed by atoms with Crippen molar-refractivity contribution in [2.45, 2.75) is 19.4 Å². The Morgan fingerprint density at radius 3 is 2.84 bits per heavy atom. The molecule has 1 heterocycles. The van der Waals surface area contributed by atoms with Gasteiger partial charge in [-0.25, -0.2) is 4.79 Å². The van der Waals surface area contributed by atoms with Crippen LogP contribution in [-0.4, -0.2) is 18.2 Å². The summed E-state index contributed by atoms with van der Waals surface area (Å²) in [6.45, 7) is 2.80. The third-order valence-electron chi connectivity index (χ3n) is 3.61. The zero-order chi connectivity index (χ0) is 14.0. The quantitative estimate of drug-likeness (QED) is 0.854. The fourth-order valence-corrected chi connectivity index (χ4v) is 2.29. The number of oxazole rings is 1. The number of benzene rings is 1. The first-order valence-corrected chi connectivity index (χ1v) is 6.53. The van der Waals surface area contributed by atoms with Crippen LogP contribution in [0.3, 0.4) is 0 Å². The molecule has 0 fully saturated rings. The summed E-state index contributed by atoms with van der Waals surface area (Å²) >= 11 is 0. The molecule has 0 spiro atoms. The zero-order valence-electron chi connectivity index (χ0n) is 11.6. The largest absolute Gasteiger partial charge is 0.419 e. The highest BCUT2D eigenvalue weighted by Crippen LogP contribution is 2.24. The van der Waals surface area contributed by atoms with E-state index in [0.29, 0.717) is 18.0 Å². The van der Waals surface area contributed by atoms with Crippen LogP contribution in [0, 0.1) is 5.92 Å². The number of nitrogens with two attached hydrogens (primary N) is 1. The lowest BCUT2D eigenvalue weighted by molar-refractivity contribution is 0.437. The van der Waals surface area contributed by atoms with Gasteiger partial charge >= 0.3 is 5.76 Å². The van der Waals surface area contributed by atoms with Crippen molar-refractivity contribution in [2.24, 2.45) is 18.7 Å². The van der Waals surface area contributed by atoms with Crippen LogP contribution in [0.1, 0.15) is 24.9 Å². The fraction of sp³-hybridized carbons (Fsp3) is 0.500. The van der Waals surface area contributed by atoms with E-state index in [1.54, 1.807) is 7.05 Å². The molecule has 0 amide bonds. The van der Waals surface area contributed by atoms with Crippen molar-refractivity contribution in [3.8, 4) is 0 Å². The predicted molar refractivity (Wildman–Crippen MR) is 76.1 cm³/mol. The molecule has 2 rings (SSSR count). The molecule has 1 aromatic heterocycles. The Morgan fingerprint density at radius 2 is 2.21 bits per heavy atom. The molecule has 1 aromatic carbocycles. The van der Waals surface area contributed by atoms with Crippen LogP contribution in [0.2, 0.25) is 0 Å². The first-order valence-electron chi connectivity index (χ1n) is 6.53. The van der Waals surface area contributed by atoms with Crippen LogP contribution in [0.15, 0.2) is 27.4 Å². The summed E-state index contributed by atoms with van der Waals surface area (Å²) in [5.74, 6) is 0.111. The summed E-state index contributed by atoms with van der Waals surface area (Å²) in [5.41, 5.74) is 8.24. The summed E-state index contributed by atoms with van der Waals surface area (Å²) in [7, 11) is 3.64. The van der Waals surface area contributed by atoms with Crippen molar-refractivity contribution in [2.75, 3.05) is 13.6 Å². The molecule has 0 aliphatic carbocycles. The van der Waals surface area contributed by atoms with Gasteiger partial charge in [0.05, 0.1) is 5.52 Å². The lowest BCUT2D eigenvalue weighted by atomic mass is 9.96. The number of hydrogen-bond acceptors (Lipinski definition) is 4. The smallest absolute Gasteiger partial charge is 0.408 e. The van der Waals surface area contributed by atoms with E-state index in [0.717, 1.165) is 17.5 Å². The third kappa shape index (κ3) is 2.72. The number of fused-ring (bicyclic) bond motifs is 1. The standard InChI is InChI=1S/C14H21N3O2/c1-9(8-15)6-11(16-2)10-4-5-12-13(7-10)19-14(18)17(12)3/h4-5,7,9,11,16H,6,8,15H2,1-3H3. The van der Waals surface area contributed by atoms with Gasteiger partial charge in [-0.15, -0.1) is 0 Å². The number of aryl methyl sites for hydroxylation is 1. The minimum Gasteiger partial charge on any atom is -0.408 e. The normalized spacial score (nSPS) is 14.7. The zero-order valence-corrected chi connectivity index (χ0v) is 11.6. The topological polar surface area (TPSA) is 73.2 Å². The molecule has 0 aliphatic heterocycles. The highest BCUT2D eigenvalue weighted by molar-refractivity contribution is 5.73. The Bertz CT molecular complexity index is 615. The van der Waals surface area contributed by atoms with Gasteiger partial charge in [0.1, 0.15) is 0 Å². The molecule has 0 saturated heterocycles. The van der Waals surface area contributed by atoms with Crippen LogP contribution < -0.4 is 16.8 Å². The molecule has 3 N–H and O–H groups in total. The second-order valence-electron chi connectivity index (χ2n) is 5.07. The van der Waals surface area contributed by atoms with Gasteiger partial charge in [-0.05, 0) is 43.6 Å².